The molecule has 318 valence electrons. The van der Waals surface area contributed by atoms with Crippen molar-refractivity contribution in [1.29, 1.82) is 0 Å². The minimum Gasteiger partial charge on any atom is -0.354 e. The maximum Gasteiger partial charge on any atom is 0.333 e. The normalized spacial score (nSPS) is 15.1. The Bertz CT molecular complexity index is 2620. The van der Waals surface area contributed by atoms with Gasteiger partial charge < -0.3 is 20.9 Å². The van der Waals surface area contributed by atoms with E-state index < -0.39 is 54.2 Å². The maximum atomic E-state index is 13.4. The molecular formula is C39H45ClN10O8S2. The molecular weight excluding hydrogens is 836 g/mol. The molecule has 2 atom stereocenters. The number of nitrogens with one attached hydrogen (secondary N) is 5. The number of hydrogen-bond acceptors (Lipinski definition) is 12. The Morgan fingerprint density at radius 3 is 1.98 bits per heavy atom. The largest absolute Gasteiger partial charge is 0.354 e. The number of carbonyl (C=O) groups is 4. The van der Waals surface area contributed by atoms with Crippen LogP contribution in [0.4, 0.5) is 21.0 Å². The van der Waals surface area contributed by atoms with E-state index in [4.69, 9.17) is 11.6 Å². The van der Waals surface area contributed by atoms with Crippen LogP contribution in [-0.2, 0) is 39.3 Å². The van der Waals surface area contributed by atoms with Gasteiger partial charge in [0.2, 0.25) is 0 Å². The number of fused-ring (bicyclic) bond motifs is 2. The number of urea groups is 2. The van der Waals surface area contributed by atoms with Crippen molar-refractivity contribution in [1.82, 2.24) is 39.6 Å². The fourth-order valence-electron chi connectivity index (χ4n) is 7.67. The third kappa shape index (κ3) is 9.34. The summed E-state index contributed by atoms with van der Waals surface area (Å²) in [6.45, 7) is 5.82. The van der Waals surface area contributed by atoms with Crippen molar-refractivity contribution in [3.8, 4) is 0 Å². The standard InChI is InChI=1S/C39H45ClN10O8S2/c1-20(2)27-18-24(40)19-28(33(27)47-37(54)49-59(55,56)38-42-14-12-30(44-38)34(51)41-4)21(3)16-23-10-11-26-29(23)17-22-8-7-9-25(22)32(26)46-36(53)48-60(57,58)39-43-15-13-31(45-39)35(52)50(5)6/h12-15,17-21,23H,7-11,16H2,1-6H3,(H,41,51)(H2,46,48,53)(H2,47,49,54). The van der Waals surface area contributed by atoms with Gasteiger partial charge in [-0.2, -0.15) is 16.8 Å². The van der Waals surface area contributed by atoms with Gasteiger partial charge in [-0.05, 0) is 114 Å². The lowest BCUT2D eigenvalue weighted by molar-refractivity contribution is 0.0820. The average molecular weight is 881 g/mol. The molecule has 60 heavy (non-hydrogen) atoms. The first kappa shape index (κ1) is 43.8. The Balaban J connectivity index is 1.24. The lowest BCUT2D eigenvalue weighted by atomic mass is 9.83. The van der Waals surface area contributed by atoms with Crippen molar-refractivity contribution in [2.75, 3.05) is 31.8 Å². The smallest absolute Gasteiger partial charge is 0.333 e. The topological polar surface area (TPSA) is 252 Å². The van der Waals surface area contributed by atoms with E-state index in [0.29, 0.717) is 53.2 Å². The minimum absolute atomic E-state index is 0.00750. The van der Waals surface area contributed by atoms with Gasteiger partial charge in [-0.3, -0.25) is 9.59 Å². The second kappa shape index (κ2) is 17.5. The Kier molecular flexibility index (Phi) is 12.8. The van der Waals surface area contributed by atoms with Crippen LogP contribution in [0.25, 0.3) is 0 Å². The number of benzene rings is 2. The van der Waals surface area contributed by atoms with Gasteiger partial charge in [0, 0.05) is 49.9 Å². The Hall–Kier alpha value is -5.73. The first-order valence-electron chi connectivity index (χ1n) is 19.1. The molecule has 0 saturated carbocycles. The monoisotopic (exact) mass is 880 g/mol. The van der Waals surface area contributed by atoms with E-state index in [1.54, 1.807) is 12.1 Å². The Labute approximate surface area is 352 Å². The number of halogens is 1. The first-order chi connectivity index (χ1) is 28.3. The van der Waals surface area contributed by atoms with Crippen LogP contribution in [0.2, 0.25) is 5.02 Å². The van der Waals surface area contributed by atoms with E-state index in [0.717, 1.165) is 47.5 Å². The Morgan fingerprint density at radius 2 is 1.38 bits per heavy atom. The number of aryl methyl sites for hydroxylation is 1. The van der Waals surface area contributed by atoms with Crippen molar-refractivity contribution in [3.63, 3.8) is 0 Å². The molecule has 2 aromatic heterocycles. The molecule has 4 aromatic rings. The van der Waals surface area contributed by atoms with Crippen LogP contribution in [0.5, 0.6) is 0 Å². The zero-order chi connectivity index (χ0) is 43.7. The molecule has 2 aromatic carbocycles. The number of nitrogens with zero attached hydrogens (tertiary/aromatic N) is 5. The number of aromatic nitrogens is 4. The third-order valence-corrected chi connectivity index (χ3v) is 12.9. The summed E-state index contributed by atoms with van der Waals surface area (Å²) >= 11 is 6.65. The van der Waals surface area contributed by atoms with E-state index in [9.17, 15) is 36.0 Å². The van der Waals surface area contributed by atoms with Crippen LogP contribution in [0, 0.1) is 0 Å². The van der Waals surface area contributed by atoms with Crippen LogP contribution in [0.1, 0.15) is 112 Å². The van der Waals surface area contributed by atoms with E-state index in [2.05, 4.69) is 42.0 Å². The molecule has 0 aliphatic heterocycles. The van der Waals surface area contributed by atoms with Crippen molar-refractivity contribution in [2.45, 2.75) is 87.4 Å². The lowest BCUT2D eigenvalue weighted by Gasteiger charge is -2.25. The highest BCUT2D eigenvalue weighted by molar-refractivity contribution is 7.90. The zero-order valence-corrected chi connectivity index (χ0v) is 36.1. The highest BCUT2D eigenvalue weighted by atomic mass is 35.5. The summed E-state index contributed by atoms with van der Waals surface area (Å²) in [6, 6.07) is 6.07. The molecule has 2 unspecified atom stereocenters. The predicted molar refractivity (Wildman–Crippen MR) is 222 cm³/mol. The summed E-state index contributed by atoms with van der Waals surface area (Å²) in [5.74, 6) is -1.54. The van der Waals surface area contributed by atoms with E-state index >= 15 is 0 Å². The van der Waals surface area contributed by atoms with Crippen LogP contribution in [0.15, 0.2) is 53.0 Å². The number of anilines is 2. The van der Waals surface area contributed by atoms with Crippen molar-refractivity contribution >= 4 is 66.9 Å². The molecule has 6 amide bonds. The van der Waals surface area contributed by atoms with Gasteiger partial charge in [0.05, 0.1) is 0 Å². The molecule has 18 nitrogen and oxygen atoms in total. The van der Waals surface area contributed by atoms with Gasteiger partial charge in [0.1, 0.15) is 11.4 Å². The number of carbonyl (C=O) groups excluding carboxylic acids is 4. The highest BCUT2D eigenvalue weighted by Gasteiger charge is 2.34. The SMILES string of the molecule is CNC(=O)c1ccnc(S(=O)(=O)NC(=O)Nc2c(C(C)C)cc(Cl)cc2C(C)CC2CCc3c2cc2c(c3NC(=O)NS(=O)(=O)c3nccc(C(=O)N(C)C)n3)CCC2)n1. The maximum absolute atomic E-state index is 13.4. The molecule has 6 rings (SSSR count). The molecule has 0 bridgehead atoms. The Morgan fingerprint density at radius 1 is 0.800 bits per heavy atom. The van der Waals surface area contributed by atoms with Crippen LogP contribution in [0.3, 0.4) is 0 Å². The van der Waals surface area contributed by atoms with E-state index in [1.807, 2.05) is 30.2 Å². The highest BCUT2D eigenvalue weighted by Crippen LogP contribution is 2.48. The van der Waals surface area contributed by atoms with E-state index in [-0.39, 0.29) is 29.1 Å². The molecule has 5 N–H and O–H groups in total. The van der Waals surface area contributed by atoms with Crippen LogP contribution in [-0.4, -0.2) is 86.7 Å². The summed E-state index contributed by atoms with van der Waals surface area (Å²) in [7, 11) is -4.80. The number of amides is 6. The van der Waals surface area contributed by atoms with Crippen molar-refractivity contribution < 1.29 is 36.0 Å². The predicted octanol–water partition coefficient (Wildman–Crippen LogP) is 4.84. The van der Waals surface area contributed by atoms with Gasteiger partial charge in [-0.15, -0.1) is 0 Å². The second-order valence-corrected chi connectivity index (χ2v) is 18.7. The molecule has 21 heteroatoms. The molecule has 2 heterocycles. The number of hydrogen-bond donors (Lipinski definition) is 5. The summed E-state index contributed by atoms with van der Waals surface area (Å²) in [6.07, 6.45) is 6.45. The van der Waals surface area contributed by atoms with Gasteiger partial charge in [-0.1, -0.05) is 38.4 Å². The van der Waals surface area contributed by atoms with Gasteiger partial charge in [-0.25, -0.2) is 39.0 Å². The average Bonchev–Trinajstić information content (AvgIpc) is 3.84. The number of sulfonamides is 2. The molecule has 2 aliphatic carbocycles. The third-order valence-electron chi connectivity index (χ3n) is 10.4. The molecule has 2 aliphatic rings. The van der Waals surface area contributed by atoms with Crippen molar-refractivity contribution in [2.24, 2.45) is 0 Å². The summed E-state index contributed by atoms with van der Waals surface area (Å²) in [4.78, 5) is 67.7. The molecule has 0 fully saturated rings. The van der Waals surface area contributed by atoms with E-state index in [1.165, 1.54) is 38.2 Å². The molecule has 0 spiro atoms. The minimum atomic E-state index is -4.60. The zero-order valence-electron chi connectivity index (χ0n) is 33.7. The fraction of sp³-hybridized carbons (Fsp3) is 0.385. The number of rotatable bonds is 12. The van der Waals surface area contributed by atoms with Crippen LogP contribution >= 0.6 is 11.6 Å². The quantitative estimate of drug-likeness (QED) is 0.120. The lowest BCUT2D eigenvalue weighted by Crippen LogP contribution is -2.36. The van der Waals surface area contributed by atoms with Crippen LogP contribution < -0.4 is 25.4 Å². The fourth-order valence-corrected chi connectivity index (χ4v) is 9.51. The van der Waals surface area contributed by atoms with Gasteiger partial charge >= 0.3 is 32.1 Å². The molecule has 0 radical (unpaired) electrons. The van der Waals surface area contributed by atoms with Gasteiger partial charge in [0.15, 0.2) is 0 Å². The molecule has 0 saturated heterocycles. The summed E-state index contributed by atoms with van der Waals surface area (Å²) in [5, 5.41) is 6.86. The first-order valence-corrected chi connectivity index (χ1v) is 22.4. The van der Waals surface area contributed by atoms with Crippen molar-refractivity contribution in [3.05, 3.63) is 92.5 Å². The summed E-state index contributed by atoms with van der Waals surface area (Å²) < 4.78 is 56.7. The second-order valence-electron chi connectivity index (χ2n) is 15.1. The summed E-state index contributed by atoms with van der Waals surface area (Å²) in [5.41, 5.74) is 5.87. The van der Waals surface area contributed by atoms with Gasteiger partial charge in [0.25, 0.3) is 22.1 Å².